The van der Waals surface area contributed by atoms with Crippen molar-refractivity contribution in [3.63, 3.8) is 0 Å². The van der Waals surface area contributed by atoms with Crippen LogP contribution in [0.5, 0.6) is 0 Å². The Bertz CT molecular complexity index is 942. The highest BCUT2D eigenvalue weighted by Gasteiger charge is 2.78. The molecule has 0 aromatic heterocycles. The van der Waals surface area contributed by atoms with Crippen molar-refractivity contribution in [3.8, 4) is 0 Å². The van der Waals surface area contributed by atoms with Gasteiger partial charge in [-0.25, -0.2) is 0 Å². The number of carbonyl (C=O) groups excluding carboxylic acids is 3. The summed E-state index contributed by atoms with van der Waals surface area (Å²) in [5.74, 6) is -0.578. The van der Waals surface area contributed by atoms with Gasteiger partial charge in [0.05, 0.1) is 13.2 Å². The molecule has 1 aromatic rings. The summed E-state index contributed by atoms with van der Waals surface area (Å²) in [6, 6.07) is 5.40. The van der Waals surface area contributed by atoms with Gasteiger partial charge >= 0.3 is 5.97 Å². The Morgan fingerprint density at radius 1 is 1.30 bits per heavy atom. The molecule has 2 amide bonds. The molecule has 27 heavy (non-hydrogen) atoms. The largest absolute Gasteiger partial charge is 0.469 e. The summed E-state index contributed by atoms with van der Waals surface area (Å²) in [7, 11) is 5.88. The van der Waals surface area contributed by atoms with Gasteiger partial charge in [0, 0.05) is 17.9 Å². The molecule has 4 saturated heterocycles. The van der Waals surface area contributed by atoms with Gasteiger partial charge in [-0.15, -0.1) is 0 Å². The minimum atomic E-state index is -1.06. The zero-order valence-corrected chi connectivity index (χ0v) is 18.2. The molecule has 0 unspecified atom stereocenters. The maximum absolute atomic E-state index is 13.6. The summed E-state index contributed by atoms with van der Waals surface area (Å²) < 4.78 is 6.09. The first-order chi connectivity index (χ1) is 12.7. The minimum Gasteiger partial charge on any atom is -0.469 e. The summed E-state index contributed by atoms with van der Waals surface area (Å²) >= 11 is 3.50. The lowest BCUT2D eigenvalue weighted by Crippen LogP contribution is -2.73. The first kappa shape index (κ1) is 17.9. The van der Waals surface area contributed by atoms with Crippen LogP contribution in [0.2, 0.25) is 0 Å². The number of methoxy groups -OCH3 is 1. The summed E-state index contributed by atoms with van der Waals surface area (Å²) in [5.41, 5.74) is 1.02. The highest BCUT2D eigenvalue weighted by molar-refractivity contribution is 9.10. The van der Waals surface area contributed by atoms with E-state index < -0.39 is 21.2 Å². The standard InChI is InChI=1S/C18H17BrN2O4S2/c1-16-13(22)21-12-11-6-10(19)5-4-9(11)7-17(12,15(24)25-3)8-18(21,27-26-16)14(23)20(16)2/h4-6,12H,7-8H2,1-3H3/t12-,16-,17-,18-/m0/s1. The molecule has 2 bridgehead atoms. The number of amides is 2. The Morgan fingerprint density at radius 3 is 2.74 bits per heavy atom. The van der Waals surface area contributed by atoms with E-state index in [1.807, 2.05) is 18.2 Å². The maximum Gasteiger partial charge on any atom is 0.314 e. The number of halogens is 1. The van der Waals surface area contributed by atoms with Gasteiger partial charge in [-0.05, 0) is 36.6 Å². The molecule has 5 aliphatic rings. The summed E-state index contributed by atoms with van der Waals surface area (Å²) in [6.45, 7) is 1.78. The van der Waals surface area contributed by atoms with Crippen molar-refractivity contribution in [3.05, 3.63) is 33.8 Å². The lowest BCUT2D eigenvalue weighted by Gasteiger charge is -2.57. The van der Waals surface area contributed by atoms with E-state index >= 15 is 0 Å². The third kappa shape index (κ3) is 1.84. The van der Waals surface area contributed by atoms with Crippen molar-refractivity contribution in [1.29, 1.82) is 0 Å². The quantitative estimate of drug-likeness (QED) is 0.466. The Balaban J connectivity index is 1.78. The van der Waals surface area contributed by atoms with Gasteiger partial charge in [0.15, 0.2) is 9.74 Å². The molecule has 1 aromatic carbocycles. The van der Waals surface area contributed by atoms with Crippen LogP contribution in [0.4, 0.5) is 0 Å². The number of hydrogen-bond donors (Lipinski definition) is 0. The molecule has 6 nitrogen and oxygen atoms in total. The van der Waals surface area contributed by atoms with Crippen LogP contribution in [0, 0.1) is 5.41 Å². The van der Waals surface area contributed by atoms with Crippen LogP contribution in [0.1, 0.15) is 30.5 Å². The Hall–Kier alpha value is -1.19. The van der Waals surface area contributed by atoms with Gasteiger partial charge in [0.2, 0.25) is 0 Å². The van der Waals surface area contributed by atoms with E-state index in [2.05, 4.69) is 15.9 Å². The molecule has 142 valence electrons. The van der Waals surface area contributed by atoms with E-state index in [0.717, 1.165) is 15.6 Å². The highest BCUT2D eigenvalue weighted by Crippen LogP contribution is 2.72. The van der Waals surface area contributed by atoms with Gasteiger partial charge in [0.1, 0.15) is 5.41 Å². The van der Waals surface area contributed by atoms with Crippen LogP contribution < -0.4 is 0 Å². The van der Waals surface area contributed by atoms with Gasteiger partial charge in [0.25, 0.3) is 11.8 Å². The topological polar surface area (TPSA) is 66.9 Å². The molecule has 0 N–H and O–H groups in total. The van der Waals surface area contributed by atoms with Crippen molar-refractivity contribution in [2.45, 2.75) is 35.5 Å². The molecular formula is C18H17BrN2O4S2. The van der Waals surface area contributed by atoms with Gasteiger partial charge < -0.3 is 14.5 Å². The number of fused-ring (bicyclic) bond motifs is 5. The number of likely N-dealkylation sites (N-methyl/N-ethyl adjacent to an activating group) is 1. The second kappa shape index (κ2) is 5.24. The lowest BCUT2D eigenvalue weighted by atomic mass is 9.79. The van der Waals surface area contributed by atoms with E-state index in [1.165, 1.54) is 28.7 Å². The first-order valence-electron chi connectivity index (χ1n) is 8.57. The average molecular weight is 469 g/mol. The number of benzene rings is 1. The Kier molecular flexibility index (Phi) is 3.47. The summed E-state index contributed by atoms with van der Waals surface area (Å²) in [5, 5.41) is 0. The number of ether oxygens (including phenoxy) is 1. The van der Waals surface area contributed by atoms with Crippen LogP contribution in [0.15, 0.2) is 22.7 Å². The van der Waals surface area contributed by atoms with Crippen LogP contribution >= 0.6 is 37.5 Å². The summed E-state index contributed by atoms with van der Waals surface area (Å²) in [6.07, 6.45) is 0.740. The van der Waals surface area contributed by atoms with E-state index in [4.69, 9.17) is 4.74 Å². The number of piperazine rings is 1. The number of nitrogens with zero attached hydrogens (tertiary/aromatic N) is 2. The molecule has 9 heteroatoms. The first-order valence-corrected chi connectivity index (χ1v) is 11.5. The second-order valence-corrected chi connectivity index (χ2v) is 11.4. The van der Waals surface area contributed by atoms with Crippen molar-refractivity contribution in [2.75, 3.05) is 14.2 Å². The monoisotopic (exact) mass is 468 g/mol. The molecule has 6 rings (SSSR count). The molecule has 0 radical (unpaired) electrons. The third-order valence-corrected chi connectivity index (χ3v) is 10.7. The highest BCUT2D eigenvalue weighted by atomic mass is 79.9. The lowest BCUT2D eigenvalue weighted by molar-refractivity contribution is -0.165. The summed E-state index contributed by atoms with van der Waals surface area (Å²) in [4.78, 5) is 41.2. The molecule has 4 atom stereocenters. The maximum atomic E-state index is 13.6. The van der Waals surface area contributed by atoms with E-state index in [1.54, 1.807) is 23.8 Å². The number of esters is 1. The normalized spacial score (nSPS) is 38.7. The molecule has 1 spiro atoms. The smallest absolute Gasteiger partial charge is 0.314 e. The van der Waals surface area contributed by atoms with Crippen LogP contribution in [-0.2, 0) is 25.5 Å². The number of hydrogen-bond acceptors (Lipinski definition) is 6. The predicted molar refractivity (Wildman–Crippen MR) is 106 cm³/mol. The van der Waals surface area contributed by atoms with Crippen molar-refractivity contribution in [1.82, 2.24) is 9.80 Å². The molecular weight excluding hydrogens is 452 g/mol. The molecule has 4 heterocycles. The van der Waals surface area contributed by atoms with E-state index in [-0.39, 0.29) is 24.2 Å². The molecule has 0 saturated carbocycles. The van der Waals surface area contributed by atoms with Crippen LogP contribution in [0.25, 0.3) is 0 Å². The Morgan fingerprint density at radius 2 is 2.04 bits per heavy atom. The SMILES string of the molecule is COC(=O)[C@]12Cc3ccc(Br)cc3[C@@H]1N1C(=O)[C@]3(C)SS[C@@]1(C2)C(=O)N3C. The predicted octanol–water partition coefficient (Wildman–Crippen LogP) is 2.72. The van der Waals surface area contributed by atoms with Crippen LogP contribution in [-0.4, -0.2) is 51.5 Å². The molecule has 4 aliphatic heterocycles. The van der Waals surface area contributed by atoms with Crippen molar-refractivity contribution in [2.24, 2.45) is 5.41 Å². The fourth-order valence-corrected chi connectivity index (χ4v) is 8.99. The van der Waals surface area contributed by atoms with Gasteiger partial charge in [-0.2, -0.15) is 0 Å². The number of carbonyl (C=O) groups is 3. The third-order valence-electron chi connectivity index (χ3n) is 6.46. The zero-order chi connectivity index (χ0) is 19.4. The van der Waals surface area contributed by atoms with Crippen molar-refractivity contribution >= 4 is 55.3 Å². The van der Waals surface area contributed by atoms with Gasteiger partial charge in [-0.1, -0.05) is 43.6 Å². The fourth-order valence-electron chi connectivity index (χ4n) is 5.07. The second-order valence-electron chi connectivity index (χ2n) is 7.72. The van der Waals surface area contributed by atoms with E-state index in [9.17, 15) is 14.4 Å². The minimum absolute atomic E-state index is 0.109. The fraction of sp³-hybridized carbons (Fsp3) is 0.500. The molecule has 1 aliphatic carbocycles. The molecule has 4 fully saturated rings. The Labute approximate surface area is 172 Å². The van der Waals surface area contributed by atoms with Crippen LogP contribution in [0.3, 0.4) is 0 Å². The zero-order valence-electron chi connectivity index (χ0n) is 14.9. The van der Waals surface area contributed by atoms with Crippen molar-refractivity contribution < 1.29 is 19.1 Å². The van der Waals surface area contributed by atoms with Gasteiger partial charge in [-0.3, -0.25) is 14.4 Å². The van der Waals surface area contributed by atoms with E-state index in [0.29, 0.717) is 6.42 Å². The number of rotatable bonds is 1. The average Bonchev–Trinajstić information content (AvgIpc) is 3.12.